The normalized spacial score (nSPS) is 10.3. The van der Waals surface area contributed by atoms with Crippen LogP contribution in [0.3, 0.4) is 0 Å². The number of nitrogens with two attached hydrogens (primary N) is 1. The number of thiazole rings is 1. The number of nitrogens with one attached hydrogen (secondary N) is 2. The van der Waals surface area contributed by atoms with Gasteiger partial charge in [-0.3, -0.25) is 9.59 Å². The van der Waals surface area contributed by atoms with Gasteiger partial charge >= 0.3 is 0 Å². The molecule has 0 atom stereocenters. The summed E-state index contributed by atoms with van der Waals surface area (Å²) in [7, 11) is 0. The summed E-state index contributed by atoms with van der Waals surface area (Å²) in [6.07, 6.45) is 3.74. The van der Waals surface area contributed by atoms with E-state index in [2.05, 4.69) is 34.8 Å². The van der Waals surface area contributed by atoms with E-state index in [-0.39, 0.29) is 12.5 Å². The number of pyridine rings is 1. The summed E-state index contributed by atoms with van der Waals surface area (Å²) in [5.74, 6) is -0.151. The molecule has 200 valence electrons. The zero-order valence-corrected chi connectivity index (χ0v) is 23.2. The van der Waals surface area contributed by atoms with Gasteiger partial charge in [-0.2, -0.15) is 11.3 Å². The second kappa shape index (κ2) is 14.2. The van der Waals surface area contributed by atoms with E-state index >= 15 is 0 Å². The molecule has 0 spiro atoms. The average molecular weight is 553 g/mol. The number of aromatic nitrogens is 3. The number of amides is 2. The minimum atomic E-state index is -0.151. The van der Waals surface area contributed by atoms with E-state index in [0.29, 0.717) is 35.8 Å². The molecule has 11 heteroatoms. The number of fused-ring (bicyclic) bond motifs is 2. The third-order valence-corrected chi connectivity index (χ3v) is 6.72. The van der Waals surface area contributed by atoms with Gasteiger partial charge in [0.25, 0.3) is 5.91 Å². The summed E-state index contributed by atoms with van der Waals surface area (Å²) < 4.78 is 2.98. The number of nitrogen functional groups attached to an aromatic ring is 1. The van der Waals surface area contributed by atoms with Crippen molar-refractivity contribution in [1.82, 2.24) is 25.0 Å². The highest BCUT2D eigenvalue weighted by Crippen LogP contribution is 2.27. The molecule has 0 saturated heterocycles. The minimum Gasteiger partial charge on any atom is -0.395 e. The van der Waals surface area contributed by atoms with Gasteiger partial charge < -0.3 is 25.9 Å². The van der Waals surface area contributed by atoms with E-state index in [4.69, 9.17) is 15.8 Å². The third-order valence-electron chi connectivity index (χ3n) is 5.19. The monoisotopic (exact) mass is 552 g/mol. The number of carbonyl (C=O) groups is 2. The number of imidazole rings is 1. The number of anilines is 1. The van der Waals surface area contributed by atoms with Gasteiger partial charge in [0.1, 0.15) is 0 Å². The largest absolute Gasteiger partial charge is 0.395 e. The average Bonchev–Trinajstić information content (AvgIpc) is 3.65. The van der Waals surface area contributed by atoms with E-state index in [1.54, 1.807) is 11.3 Å². The van der Waals surface area contributed by atoms with Crippen molar-refractivity contribution in [3.05, 3.63) is 70.2 Å². The smallest absolute Gasteiger partial charge is 0.255 e. The maximum atomic E-state index is 12.9. The molecule has 0 aliphatic carbocycles. The fourth-order valence-corrected chi connectivity index (χ4v) is 4.97. The minimum absolute atomic E-state index is 0.0126. The van der Waals surface area contributed by atoms with Crippen LogP contribution in [0.4, 0.5) is 5.13 Å². The zero-order valence-electron chi connectivity index (χ0n) is 21.6. The Balaban J connectivity index is 0.000000388. The molecule has 0 radical (unpaired) electrons. The Bertz CT molecular complexity index is 1480. The van der Waals surface area contributed by atoms with Crippen molar-refractivity contribution in [2.24, 2.45) is 0 Å². The number of benzene rings is 1. The van der Waals surface area contributed by atoms with Crippen LogP contribution in [0, 0.1) is 6.92 Å². The van der Waals surface area contributed by atoms with Gasteiger partial charge in [-0.05, 0) is 48.2 Å². The van der Waals surface area contributed by atoms with Gasteiger partial charge in [-0.25, -0.2) is 9.97 Å². The molecule has 38 heavy (non-hydrogen) atoms. The molecule has 0 fully saturated rings. The molecule has 2 amide bonds. The van der Waals surface area contributed by atoms with Crippen molar-refractivity contribution >= 4 is 56.0 Å². The zero-order chi connectivity index (χ0) is 27.5. The van der Waals surface area contributed by atoms with Crippen molar-refractivity contribution in [2.75, 3.05) is 18.9 Å². The van der Waals surface area contributed by atoms with Gasteiger partial charge in [0.15, 0.2) is 10.8 Å². The van der Waals surface area contributed by atoms with Crippen LogP contribution >= 0.6 is 22.7 Å². The van der Waals surface area contributed by atoms with E-state index in [9.17, 15) is 9.59 Å². The molecule has 0 saturated carbocycles. The molecule has 0 aliphatic rings. The first-order valence-electron chi connectivity index (χ1n) is 12.1. The lowest BCUT2D eigenvalue weighted by Gasteiger charge is -2.07. The summed E-state index contributed by atoms with van der Waals surface area (Å²) >= 11 is 3.07. The van der Waals surface area contributed by atoms with Crippen molar-refractivity contribution in [3.63, 3.8) is 0 Å². The van der Waals surface area contributed by atoms with Gasteiger partial charge in [-0.1, -0.05) is 37.7 Å². The van der Waals surface area contributed by atoms with Crippen LogP contribution in [0.25, 0.3) is 27.1 Å². The van der Waals surface area contributed by atoms with E-state index < -0.39 is 0 Å². The highest BCUT2D eigenvalue weighted by molar-refractivity contribution is 7.22. The van der Waals surface area contributed by atoms with Crippen LogP contribution in [0.5, 0.6) is 0 Å². The van der Waals surface area contributed by atoms with Gasteiger partial charge in [-0.15, -0.1) is 0 Å². The second-order valence-corrected chi connectivity index (χ2v) is 10.1. The molecule has 0 unspecified atom stereocenters. The van der Waals surface area contributed by atoms with Crippen LogP contribution in [0.2, 0.25) is 0 Å². The number of hydrogen-bond acceptors (Lipinski definition) is 8. The maximum Gasteiger partial charge on any atom is 0.255 e. The molecule has 1 aromatic carbocycles. The number of carbonyl (C=O) groups excluding carboxylic acids is 2. The lowest BCUT2D eigenvalue weighted by atomic mass is 10.2. The fourth-order valence-electron chi connectivity index (χ4n) is 3.53. The number of aliphatic hydroxyl groups excluding tert-OH is 1. The predicted octanol–water partition coefficient (Wildman–Crippen LogP) is 4.63. The number of rotatable bonds is 7. The van der Waals surface area contributed by atoms with Crippen molar-refractivity contribution in [3.8, 4) is 11.3 Å². The maximum absolute atomic E-state index is 12.9. The Kier molecular flexibility index (Phi) is 10.8. The van der Waals surface area contributed by atoms with Crippen LogP contribution in [-0.4, -0.2) is 44.9 Å². The molecule has 4 aromatic heterocycles. The molecule has 5 rings (SSSR count). The van der Waals surface area contributed by atoms with Crippen LogP contribution in [0.1, 0.15) is 41.9 Å². The quantitative estimate of drug-likeness (QED) is 0.172. The summed E-state index contributed by atoms with van der Waals surface area (Å²) in [6, 6.07) is 11.6. The standard InChI is InChI=1S/C21H17N5OS2.C3H7NO2.C3H8/c1-12-18(14-6-8-28-11-14)25-19-15(3-2-7-26(12)19)20(27)23-10-13-4-5-16-17(9-13)29-21(22)24-16;5-2-1-4-3-6;1-3-2/h2-9,11H,10H2,1H3,(H2,22,24)(H,23,27);3,5H,1-2H2,(H,4,6);3H2,1-2H3. The molecule has 9 nitrogen and oxygen atoms in total. The van der Waals surface area contributed by atoms with Gasteiger partial charge in [0.2, 0.25) is 6.41 Å². The first-order chi connectivity index (χ1) is 18.4. The molecule has 5 N–H and O–H groups in total. The lowest BCUT2D eigenvalue weighted by molar-refractivity contribution is -0.109. The van der Waals surface area contributed by atoms with Crippen LogP contribution in [-0.2, 0) is 11.3 Å². The third kappa shape index (κ3) is 7.15. The number of nitrogens with zero attached hydrogens (tertiary/aromatic N) is 3. The second-order valence-electron chi connectivity index (χ2n) is 8.21. The van der Waals surface area contributed by atoms with Crippen molar-refractivity contribution < 1.29 is 14.7 Å². The lowest BCUT2D eigenvalue weighted by Crippen LogP contribution is -2.23. The summed E-state index contributed by atoms with van der Waals surface area (Å²) in [5, 5.41) is 17.9. The Morgan fingerprint density at radius 1 is 1.21 bits per heavy atom. The summed E-state index contributed by atoms with van der Waals surface area (Å²) in [4.78, 5) is 31.3. The number of hydrogen-bond donors (Lipinski definition) is 4. The van der Waals surface area contributed by atoms with E-state index in [0.717, 1.165) is 32.7 Å². The molecule has 0 bridgehead atoms. The first-order valence-corrected chi connectivity index (χ1v) is 13.9. The number of thiophene rings is 1. The Labute approximate surface area is 229 Å². The molecule has 4 heterocycles. The van der Waals surface area contributed by atoms with Crippen LogP contribution in [0.15, 0.2) is 53.4 Å². The fraction of sp³-hybridized carbons (Fsp3) is 0.259. The molecule has 5 aromatic rings. The Morgan fingerprint density at radius 2 is 2.00 bits per heavy atom. The summed E-state index contributed by atoms with van der Waals surface area (Å²) in [5.41, 5.74) is 11.8. The molecular formula is C27H32N6O3S2. The first kappa shape index (κ1) is 28.8. The highest BCUT2D eigenvalue weighted by Gasteiger charge is 2.17. The number of aryl methyl sites for hydroxylation is 1. The van der Waals surface area contributed by atoms with E-state index in [1.165, 1.54) is 17.8 Å². The van der Waals surface area contributed by atoms with Crippen molar-refractivity contribution in [1.29, 1.82) is 0 Å². The topological polar surface area (TPSA) is 135 Å². The van der Waals surface area contributed by atoms with Gasteiger partial charge in [0.05, 0.1) is 28.1 Å². The molecule has 0 aliphatic heterocycles. The number of aliphatic hydroxyl groups is 1. The summed E-state index contributed by atoms with van der Waals surface area (Å²) in [6.45, 7) is 7.05. The highest BCUT2D eigenvalue weighted by atomic mass is 32.1. The van der Waals surface area contributed by atoms with Crippen LogP contribution < -0.4 is 16.4 Å². The van der Waals surface area contributed by atoms with Gasteiger partial charge in [0, 0.05) is 35.9 Å². The Morgan fingerprint density at radius 3 is 2.66 bits per heavy atom. The van der Waals surface area contributed by atoms with E-state index in [1.807, 2.05) is 59.3 Å². The van der Waals surface area contributed by atoms with Crippen molar-refractivity contribution in [2.45, 2.75) is 33.7 Å². The molecular weight excluding hydrogens is 520 g/mol. The Hall–Kier alpha value is -3.80. The SMILES string of the molecule is CCC.Cc1c(-c2ccsc2)nc2c(C(=O)NCc3ccc4nc(N)sc4c3)cccn12.O=CNCCO. The predicted molar refractivity (Wildman–Crippen MR) is 156 cm³/mol.